The molecule has 104 heavy (non-hydrogen) atoms. The van der Waals surface area contributed by atoms with E-state index < -0.39 is 36.8 Å². The van der Waals surface area contributed by atoms with Crippen molar-refractivity contribution in [1.29, 1.82) is 0 Å². The maximum Gasteiger partial charge on any atom is 0.419 e. The number of halogens is 5. The molecular weight excluding hydrogens is 1310 g/mol. The van der Waals surface area contributed by atoms with Crippen LogP contribution in [0.2, 0.25) is 0 Å². The lowest BCUT2D eigenvalue weighted by atomic mass is 9.30. The van der Waals surface area contributed by atoms with Crippen LogP contribution >= 0.6 is 11.8 Å². The van der Waals surface area contributed by atoms with E-state index in [1.807, 2.05) is 206 Å². The Bertz CT molecular complexity index is 5790. The second kappa shape index (κ2) is 25.2. The highest BCUT2D eigenvalue weighted by atomic mass is 32.2. The molecule has 0 aliphatic carbocycles. The molecule has 13 heteroatoms. The SMILES string of the molecule is Fc1cc(F)c(N2c3cc(N(c4ccccc4)c4ccccc4)cc4c3B(c3ccccc3N4c3ccccc3)c3cc4c(c(C(F)(F)F)c32)Sc2cc(N(c3ccc(-c5ccccc5)cc3)c3cccc(-c5ccccc5)c3)cc3c2B4c2ccccc2N3c2ccccc2)c(-c2ccccc2)c1. The van der Waals surface area contributed by atoms with Gasteiger partial charge in [0.05, 0.1) is 22.6 Å². The molecule has 0 amide bonds. The largest absolute Gasteiger partial charge is 0.419 e. The number of hydrogen-bond donors (Lipinski definition) is 0. The molecule has 0 saturated carbocycles. The van der Waals surface area contributed by atoms with Gasteiger partial charge in [0.2, 0.25) is 6.71 Å². The Morgan fingerprint density at radius 2 is 0.721 bits per heavy atom. The molecule has 0 N–H and O–H groups in total. The third-order valence-electron chi connectivity index (χ3n) is 20.5. The van der Waals surface area contributed by atoms with E-state index in [1.165, 1.54) is 11.0 Å². The maximum atomic E-state index is 18.7. The van der Waals surface area contributed by atoms with Crippen LogP contribution in [0.5, 0.6) is 0 Å². The molecule has 0 bridgehead atoms. The van der Waals surface area contributed by atoms with Crippen molar-refractivity contribution in [2.75, 3.05) is 24.5 Å². The average Bonchev–Trinajstić information content (AvgIpc) is 0.676. The summed E-state index contributed by atoms with van der Waals surface area (Å²) in [6.45, 7) is -1.67. The second-order valence-corrected chi connectivity index (χ2v) is 27.5. The Kier molecular flexibility index (Phi) is 15.1. The molecule has 15 aromatic rings. The summed E-state index contributed by atoms with van der Waals surface area (Å²) in [4.78, 5) is 10.8. The molecule has 0 fully saturated rings. The Balaban J connectivity index is 0.934. The van der Waals surface area contributed by atoms with Crippen LogP contribution < -0.4 is 57.3 Å². The summed E-state index contributed by atoms with van der Waals surface area (Å²) in [5.41, 5.74) is 16.4. The van der Waals surface area contributed by atoms with Crippen LogP contribution in [0.3, 0.4) is 0 Å². The van der Waals surface area contributed by atoms with Gasteiger partial charge in [0.15, 0.2) is 5.82 Å². The van der Waals surface area contributed by atoms with Gasteiger partial charge in [-0.15, -0.1) is 0 Å². The van der Waals surface area contributed by atoms with Gasteiger partial charge < -0.3 is 24.5 Å². The summed E-state index contributed by atoms with van der Waals surface area (Å²) in [5, 5.41) is 0. The molecule has 4 aliphatic rings. The van der Waals surface area contributed by atoms with Crippen molar-refractivity contribution in [1.82, 2.24) is 0 Å². The van der Waals surface area contributed by atoms with Crippen LogP contribution in [0.25, 0.3) is 33.4 Å². The second-order valence-electron chi connectivity index (χ2n) is 26.5. The van der Waals surface area contributed by atoms with Crippen LogP contribution in [0.4, 0.5) is 107 Å². The number of rotatable bonds is 12. The predicted octanol–water partition coefficient (Wildman–Crippen LogP) is 21.8. The van der Waals surface area contributed by atoms with Gasteiger partial charge in [-0.1, -0.05) is 248 Å². The summed E-state index contributed by atoms with van der Waals surface area (Å²) in [6, 6.07) is 114. The normalized spacial score (nSPS) is 12.9. The Morgan fingerprint density at radius 1 is 0.298 bits per heavy atom. The van der Waals surface area contributed by atoms with Crippen LogP contribution in [-0.4, -0.2) is 13.4 Å². The van der Waals surface area contributed by atoms with Crippen LogP contribution in [-0.2, 0) is 6.18 Å². The summed E-state index contributed by atoms with van der Waals surface area (Å²) in [6.07, 6.45) is -5.14. The summed E-state index contributed by atoms with van der Waals surface area (Å²) in [5.74, 6) is -1.92. The lowest BCUT2D eigenvalue weighted by Gasteiger charge is -2.47. The zero-order chi connectivity index (χ0) is 69.7. The highest BCUT2D eigenvalue weighted by Crippen LogP contribution is 2.57. The molecule has 19 rings (SSSR count). The van der Waals surface area contributed by atoms with Crippen molar-refractivity contribution in [3.05, 3.63) is 369 Å². The number of fused-ring (bicyclic) bond motifs is 8. The molecule has 15 aromatic carbocycles. The van der Waals surface area contributed by atoms with E-state index in [9.17, 15) is 0 Å². The molecule has 0 atom stereocenters. The molecule has 4 aliphatic heterocycles. The summed E-state index contributed by atoms with van der Waals surface area (Å²) < 4.78 is 91.2. The average molecular weight is 1370 g/mol. The lowest BCUT2D eigenvalue weighted by molar-refractivity contribution is -0.139. The van der Waals surface area contributed by atoms with Crippen LogP contribution in [0.1, 0.15) is 5.56 Å². The fourth-order valence-electron chi connectivity index (χ4n) is 16.3. The number of nitrogens with zero attached hydrogens (tertiary/aromatic N) is 5. The van der Waals surface area contributed by atoms with Crippen molar-refractivity contribution in [2.45, 2.75) is 16.0 Å². The number of para-hydroxylation sites is 6. The maximum absolute atomic E-state index is 18.7. The van der Waals surface area contributed by atoms with Crippen molar-refractivity contribution >= 4 is 143 Å². The number of benzene rings is 15. The number of anilines is 15. The van der Waals surface area contributed by atoms with Crippen molar-refractivity contribution in [3.63, 3.8) is 0 Å². The first kappa shape index (κ1) is 62.4. The third-order valence-corrected chi connectivity index (χ3v) is 21.7. The Morgan fingerprint density at radius 3 is 1.28 bits per heavy atom. The van der Waals surface area contributed by atoms with Gasteiger partial charge in [-0.3, -0.25) is 0 Å². The first-order valence-corrected chi connectivity index (χ1v) is 35.5. The standard InChI is InChI=1S/C91H58B2F5N5S/c94-64-52-73(62-31-12-3-13-32-62)88(78(95)53-64)103-82-55-71(99(65-34-14-4-15-35-65)66-36-16-5-17-37-66)54-81-86(82)92(74-43-22-24-45-79(74)101(81)67-38-18-6-19-39-67)76-58-77-90(85(89(76)103)91(96,97)98)104-84-57-72(56-83-87(84)93(77)75-44-23-25-46-80(75)102(83)68-40-20-7-21-41-68)100(69-49-47-61(48-50-69)59-27-8-1-9-28-59)70-42-26-33-63(51-70)60-29-10-2-11-30-60/h1-58H. The van der Waals surface area contributed by atoms with Crippen molar-refractivity contribution in [3.8, 4) is 33.4 Å². The lowest BCUT2D eigenvalue weighted by Crippen LogP contribution is -2.65. The summed E-state index contributed by atoms with van der Waals surface area (Å²) in [7, 11) is 0. The fourth-order valence-corrected chi connectivity index (χ4v) is 17.6. The van der Waals surface area contributed by atoms with E-state index in [1.54, 1.807) is 24.3 Å². The van der Waals surface area contributed by atoms with Crippen molar-refractivity contribution in [2.24, 2.45) is 0 Å². The topological polar surface area (TPSA) is 16.2 Å². The molecule has 0 saturated heterocycles. The molecule has 0 unspecified atom stereocenters. The van der Waals surface area contributed by atoms with Gasteiger partial charge in [0, 0.05) is 89.7 Å². The number of alkyl halides is 3. The van der Waals surface area contributed by atoms with E-state index in [2.05, 4.69) is 129 Å². The smallest absolute Gasteiger partial charge is 0.311 e. The van der Waals surface area contributed by atoms with Crippen molar-refractivity contribution < 1.29 is 22.0 Å². The molecule has 0 aromatic heterocycles. The quantitative estimate of drug-likeness (QED) is 0.0889. The van der Waals surface area contributed by atoms with Gasteiger partial charge in [-0.2, -0.15) is 13.2 Å². The highest BCUT2D eigenvalue weighted by Gasteiger charge is 2.53. The highest BCUT2D eigenvalue weighted by molar-refractivity contribution is 8.00. The van der Waals surface area contributed by atoms with Gasteiger partial charge in [0.1, 0.15) is 5.82 Å². The minimum absolute atomic E-state index is 0.0246. The monoisotopic (exact) mass is 1370 g/mol. The van der Waals surface area contributed by atoms with E-state index in [4.69, 9.17) is 0 Å². The molecular formula is C91H58B2F5N5S. The first-order chi connectivity index (χ1) is 51.1. The fraction of sp³-hybridized carbons (Fsp3) is 0.0110. The zero-order valence-corrected chi connectivity index (χ0v) is 56.5. The minimum atomic E-state index is -5.14. The van der Waals surface area contributed by atoms with Crippen LogP contribution in [0, 0.1) is 11.6 Å². The molecule has 0 spiro atoms. The van der Waals surface area contributed by atoms with E-state index in [0.717, 1.165) is 108 Å². The van der Waals surface area contributed by atoms with Gasteiger partial charge >= 0.3 is 6.18 Å². The molecule has 5 nitrogen and oxygen atoms in total. The van der Waals surface area contributed by atoms with Gasteiger partial charge in [0.25, 0.3) is 6.71 Å². The van der Waals surface area contributed by atoms with Gasteiger partial charge in [-0.25, -0.2) is 8.78 Å². The van der Waals surface area contributed by atoms with E-state index >= 15 is 22.0 Å². The molecule has 0 radical (unpaired) electrons. The Labute approximate surface area is 604 Å². The number of hydrogen-bond acceptors (Lipinski definition) is 6. The van der Waals surface area contributed by atoms with Gasteiger partial charge in [-0.05, 0) is 170 Å². The molecule has 4 heterocycles. The van der Waals surface area contributed by atoms with Crippen LogP contribution in [0.15, 0.2) is 362 Å². The third kappa shape index (κ3) is 10.4. The summed E-state index contributed by atoms with van der Waals surface area (Å²) >= 11 is 1.10. The van der Waals surface area contributed by atoms with E-state index in [-0.39, 0.29) is 27.5 Å². The minimum Gasteiger partial charge on any atom is -0.311 e. The zero-order valence-electron chi connectivity index (χ0n) is 55.7. The van der Waals surface area contributed by atoms with E-state index in [0.29, 0.717) is 43.9 Å². The first-order valence-electron chi connectivity index (χ1n) is 34.7. The molecule has 494 valence electrons. The predicted molar refractivity (Wildman–Crippen MR) is 421 cm³/mol. The Hall–Kier alpha value is -12.6.